The van der Waals surface area contributed by atoms with Crippen molar-refractivity contribution in [3.05, 3.63) is 53.7 Å². The van der Waals surface area contributed by atoms with Gasteiger partial charge in [-0.05, 0) is 36.3 Å². The van der Waals surface area contributed by atoms with Gasteiger partial charge in [-0.1, -0.05) is 42.5 Å². The lowest BCUT2D eigenvalue weighted by atomic mass is 9.99. The normalized spacial score (nSPS) is 19.2. The molecule has 0 saturated carbocycles. The van der Waals surface area contributed by atoms with Crippen LogP contribution in [0.2, 0.25) is 0 Å². The van der Waals surface area contributed by atoms with Crippen LogP contribution in [0.3, 0.4) is 0 Å². The number of fused-ring (bicyclic) bond motifs is 1. The summed E-state index contributed by atoms with van der Waals surface area (Å²) in [6, 6.07) is 13.8. The van der Waals surface area contributed by atoms with E-state index in [0.717, 1.165) is 16.3 Å². The number of aliphatic imine (C=N–C) groups is 1. The first-order valence-corrected chi connectivity index (χ1v) is 7.57. The number of hydrogen-bond acceptors (Lipinski definition) is 4. The Bertz CT molecular complexity index is 843. The zero-order chi connectivity index (χ0) is 16.4. The molecule has 4 nitrogen and oxygen atoms in total. The van der Waals surface area contributed by atoms with E-state index in [2.05, 4.69) is 4.99 Å². The number of allylic oxidation sites excluding steroid dienone is 1. The molecule has 3 rings (SSSR count). The smallest absolute Gasteiger partial charge is 0.322 e. The number of carbonyl (C=O) groups is 2. The molecule has 0 radical (unpaired) electrons. The molecule has 4 heteroatoms. The Morgan fingerprint density at radius 2 is 1.96 bits per heavy atom. The Morgan fingerprint density at radius 3 is 2.74 bits per heavy atom. The Kier molecular flexibility index (Phi) is 4.06. The molecule has 23 heavy (non-hydrogen) atoms. The molecule has 1 unspecified atom stereocenters. The van der Waals surface area contributed by atoms with E-state index < -0.39 is 11.9 Å². The Labute approximate surface area is 134 Å². The van der Waals surface area contributed by atoms with Crippen LogP contribution in [-0.2, 0) is 14.3 Å². The monoisotopic (exact) mass is 307 g/mol. The number of ketones is 1. The predicted molar refractivity (Wildman–Crippen MR) is 90.2 cm³/mol. The number of esters is 1. The van der Waals surface area contributed by atoms with Gasteiger partial charge in [-0.3, -0.25) is 14.6 Å². The Hall–Kier alpha value is -2.75. The van der Waals surface area contributed by atoms with Crippen molar-refractivity contribution in [2.75, 3.05) is 6.61 Å². The molecular weight excluding hydrogens is 290 g/mol. The van der Waals surface area contributed by atoms with Gasteiger partial charge in [-0.15, -0.1) is 0 Å². The topological polar surface area (TPSA) is 55.7 Å². The van der Waals surface area contributed by atoms with Gasteiger partial charge in [0.2, 0.25) is 5.78 Å². The van der Waals surface area contributed by atoms with E-state index in [1.165, 1.54) is 0 Å². The van der Waals surface area contributed by atoms with Gasteiger partial charge in [-0.25, -0.2) is 0 Å². The zero-order valence-electron chi connectivity index (χ0n) is 13.1. The number of hydrogen-bond donors (Lipinski definition) is 0. The Balaban J connectivity index is 2.00. The van der Waals surface area contributed by atoms with Crippen molar-refractivity contribution in [3.8, 4) is 0 Å². The van der Waals surface area contributed by atoms with Crippen LogP contribution in [0.1, 0.15) is 19.4 Å². The van der Waals surface area contributed by atoms with E-state index in [0.29, 0.717) is 11.4 Å². The second-order valence-corrected chi connectivity index (χ2v) is 5.40. The maximum Gasteiger partial charge on any atom is 0.322 e. The number of rotatable bonds is 3. The average molecular weight is 307 g/mol. The van der Waals surface area contributed by atoms with E-state index in [1.807, 2.05) is 42.5 Å². The molecule has 0 aliphatic carbocycles. The number of ether oxygens (including phenoxy) is 1. The molecule has 116 valence electrons. The molecule has 0 saturated heterocycles. The molecule has 0 N–H and O–H groups in total. The molecule has 0 spiro atoms. The molecule has 0 fully saturated rings. The average Bonchev–Trinajstić information content (AvgIpc) is 2.82. The van der Waals surface area contributed by atoms with Gasteiger partial charge in [0, 0.05) is 5.71 Å². The molecule has 2 aromatic carbocycles. The maximum absolute atomic E-state index is 12.5. The van der Waals surface area contributed by atoms with Gasteiger partial charge in [0.1, 0.15) is 5.70 Å². The quantitative estimate of drug-likeness (QED) is 0.496. The van der Waals surface area contributed by atoms with Crippen LogP contribution < -0.4 is 0 Å². The highest BCUT2D eigenvalue weighted by Gasteiger charge is 2.38. The molecule has 0 aromatic heterocycles. The third kappa shape index (κ3) is 2.80. The van der Waals surface area contributed by atoms with Crippen LogP contribution in [-0.4, -0.2) is 24.1 Å². The molecule has 0 bridgehead atoms. The minimum Gasteiger partial charge on any atom is -0.465 e. The molecule has 2 aromatic rings. The number of nitrogens with zero attached hydrogens (tertiary/aromatic N) is 1. The first-order chi connectivity index (χ1) is 11.1. The summed E-state index contributed by atoms with van der Waals surface area (Å²) in [5.41, 5.74) is 1.70. The van der Waals surface area contributed by atoms with Crippen LogP contribution in [0.25, 0.3) is 16.8 Å². The maximum atomic E-state index is 12.5. The highest BCUT2D eigenvalue weighted by atomic mass is 16.5. The van der Waals surface area contributed by atoms with E-state index in [-0.39, 0.29) is 12.4 Å². The van der Waals surface area contributed by atoms with E-state index in [9.17, 15) is 9.59 Å². The highest BCUT2D eigenvalue weighted by molar-refractivity contribution is 6.28. The highest BCUT2D eigenvalue weighted by Crippen LogP contribution is 2.26. The molecule has 1 atom stereocenters. The SMILES string of the molecule is CCOC(=O)C1C(=O)/C(=C\c2cccc3ccccc23)N=C1C. The van der Waals surface area contributed by atoms with Gasteiger partial charge < -0.3 is 4.74 Å². The lowest BCUT2D eigenvalue weighted by Crippen LogP contribution is -2.28. The predicted octanol–water partition coefficient (Wildman–Crippen LogP) is 3.40. The molecule has 0 amide bonds. The van der Waals surface area contributed by atoms with E-state index in [1.54, 1.807) is 19.9 Å². The molecule has 1 aliphatic heterocycles. The first kappa shape index (κ1) is 15.2. The van der Waals surface area contributed by atoms with Crippen molar-refractivity contribution in [1.82, 2.24) is 0 Å². The third-order valence-corrected chi connectivity index (χ3v) is 3.87. The van der Waals surface area contributed by atoms with Gasteiger partial charge in [0.05, 0.1) is 6.61 Å². The van der Waals surface area contributed by atoms with Crippen LogP contribution in [0.5, 0.6) is 0 Å². The van der Waals surface area contributed by atoms with Crippen molar-refractivity contribution < 1.29 is 14.3 Å². The van der Waals surface area contributed by atoms with Crippen molar-refractivity contribution >= 4 is 34.3 Å². The number of Topliss-reactive ketones (excluding diaryl/α,β-unsaturated/α-hetero) is 1. The van der Waals surface area contributed by atoms with E-state index in [4.69, 9.17) is 4.74 Å². The summed E-state index contributed by atoms with van der Waals surface area (Å²) >= 11 is 0. The minimum atomic E-state index is -0.906. The van der Waals surface area contributed by atoms with Gasteiger partial charge in [0.15, 0.2) is 5.92 Å². The van der Waals surface area contributed by atoms with Crippen LogP contribution in [0.15, 0.2) is 53.2 Å². The van der Waals surface area contributed by atoms with Crippen molar-refractivity contribution in [1.29, 1.82) is 0 Å². The zero-order valence-corrected chi connectivity index (χ0v) is 13.1. The summed E-state index contributed by atoms with van der Waals surface area (Å²) in [6.45, 7) is 3.65. The summed E-state index contributed by atoms with van der Waals surface area (Å²) in [4.78, 5) is 28.7. The third-order valence-electron chi connectivity index (χ3n) is 3.87. The summed E-state index contributed by atoms with van der Waals surface area (Å²) < 4.78 is 4.97. The largest absolute Gasteiger partial charge is 0.465 e. The van der Waals surface area contributed by atoms with Gasteiger partial charge in [-0.2, -0.15) is 0 Å². The lowest BCUT2D eigenvalue weighted by Gasteiger charge is -2.07. The molecule has 1 heterocycles. The minimum absolute atomic E-state index is 0.248. The summed E-state index contributed by atoms with van der Waals surface area (Å²) in [7, 11) is 0. The second kappa shape index (κ2) is 6.16. The Morgan fingerprint density at radius 1 is 1.22 bits per heavy atom. The molecule has 1 aliphatic rings. The number of benzene rings is 2. The first-order valence-electron chi connectivity index (χ1n) is 7.57. The van der Waals surface area contributed by atoms with Crippen molar-refractivity contribution in [2.45, 2.75) is 13.8 Å². The van der Waals surface area contributed by atoms with Gasteiger partial charge >= 0.3 is 5.97 Å². The van der Waals surface area contributed by atoms with Crippen LogP contribution in [0, 0.1) is 5.92 Å². The van der Waals surface area contributed by atoms with Crippen molar-refractivity contribution in [2.24, 2.45) is 10.9 Å². The summed E-state index contributed by atoms with van der Waals surface area (Å²) in [6.07, 6.45) is 1.74. The standard InChI is InChI=1S/C19H17NO3/c1-3-23-19(22)17-12(2)20-16(18(17)21)11-14-9-6-8-13-7-4-5-10-15(13)14/h4-11,17H,3H2,1-2H3/b16-11+. The van der Waals surface area contributed by atoms with E-state index >= 15 is 0 Å². The fourth-order valence-electron chi connectivity index (χ4n) is 2.78. The van der Waals surface area contributed by atoms with Crippen LogP contribution >= 0.6 is 0 Å². The molecular formula is C19H17NO3. The fraction of sp³-hybridized carbons (Fsp3) is 0.211. The lowest BCUT2D eigenvalue weighted by molar-refractivity contribution is -0.147. The fourth-order valence-corrected chi connectivity index (χ4v) is 2.78. The summed E-state index contributed by atoms with van der Waals surface area (Å²) in [5, 5.41) is 2.14. The number of carbonyl (C=O) groups excluding carboxylic acids is 2. The van der Waals surface area contributed by atoms with Crippen molar-refractivity contribution in [3.63, 3.8) is 0 Å². The second-order valence-electron chi connectivity index (χ2n) is 5.40. The van der Waals surface area contributed by atoms with Crippen LogP contribution in [0.4, 0.5) is 0 Å². The van der Waals surface area contributed by atoms with Gasteiger partial charge in [0.25, 0.3) is 0 Å². The summed E-state index contributed by atoms with van der Waals surface area (Å²) in [5.74, 6) is -1.73.